The predicted octanol–water partition coefficient (Wildman–Crippen LogP) is -0.618. The molecule has 48 valence electrons. The molecule has 0 aromatic rings. The molecule has 0 bridgehead atoms. The van der Waals surface area contributed by atoms with Crippen molar-refractivity contribution in [1.82, 2.24) is 0 Å². The van der Waals surface area contributed by atoms with Crippen LogP contribution in [-0.2, 0) is 4.79 Å². The quantitative estimate of drug-likeness (QED) is 0.316. The molecule has 0 aromatic heterocycles. The highest BCUT2D eigenvalue weighted by molar-refractivity contribution is 5.90. The molecule has 0 atom stereocenters. The molecule has 0 spiro atoms. The normalized spacial score (nSPS) is 6.38. The monoisotopic (exact) mass is 118 g/mol. The van der Waals surface area contributed by atoms with E-state index in [1.165, 1.54) is 0 Å². The first-order chi connectivity index (χ1) is 3.64. The van der Waals surface area contributed by atoms with Crippen LogP contribution in [0, 0.1) is 0 Å². The van der Waals surface area contributed by atoms with Crippen LogP contribution in [0.4, 0.5) is 0 Å². The fraction of sp³-hybridized carbons (Fsp3) is 0.250. The maximum atomic E-state index is 9.82. The average molecular weight is 118 g/mol. The molecule has 5 N–H and O–H groups in total. The second-order valence-electron chi connectivity index (χ2n) is 1.14. The predicted molar refractivity (Wildman–Crippen MR) is 30.0 cm³/mol. The first-order valence-electron chi connectivity index (χ1n) is 1.85. The minimum Gasteiger partial charge on any atom is -0.366 e. The van der Waals surface area contributed by atoms with E-state index in [0.29, 0.717) is 5.57 Å². The van der Waals surface area contributed by atoms with Gasteiger partial charge >= 0.3 is 0 Å². The molecule has 0 heterocycles. The van der Waals surface area contributed by atoms with Gasteiger partial charge in [-0.15, -0.1) is 0 Å². The van der Waals surface area contributed by atoms with Crippen molar-refractivity contribution < 1.29 is 10.0 Å². The van der Waals surface area contributed by atoms with Crippen LogP contribution in [0.25, 0.3) is 0 Å². The summed E-state index contributed by atoms with van der Waals surface area (Å²) in [6.45, 7) is 4.85. The van der Waals surface area contributed by atoms with Crippen LogP contribution in [0.15, 0.2) is 12.2 Å². The number of rotatable bonds is 1. The SMILES string of the molecule is C=C(C)C(N)=O.NO. The van der Waals surface area contributed by atoms with Gasteiger partial charge < -0.3 is 10.9 Å². The molecule has 0 unspecified atom stereocenters. The van der Waals surface area contributed by atoms with Gasteiger partial charge in [-0.05, 0) is 6.92 Å². The molecular formula is C4H10N2O2. The van der Waals surface area contributed by atoms with Gasteiger partial charge in [-0.1, -0.05) is 6.58 Å². The molecule has 8 heavy (non-hydrogen) atoms. The highest BCUT2D eigenvalue weighted by Crippen LogP contribution is 1.78. The summed E-state index contributed by atoms with van der Waals surface area (Å²) in [4.78, 5) is 9.82. The Balaban J connectivity index is 0. The zero-order valence-electron chi connectivity index (χ0n) is 4.72. The lowest BCUT2D eigenvalue weighted by Gasteiger charge is -1.81. The van der Waals surface area contributed by atoms with Crippen LogP contribution >= 0.6 is 0 Å². The van der Waals surface area contributed by atoms with Gasteiger partial charge in [0, 0.05) is 5.57 Å². The molecule has 0 aliphatic carbocycles. The van der Waals surface area contributed by atoms with Gasteiger partial charge in [-0.2, -0.15) is 0 Å². The van der Waals surface area contributed by atoms with Crippen molar-refractivity contribution in [3.8, 4) is 0 Å². The Morgan fingerprint density at radius 2 is 1.75 bits per heavy atom. The van der Waals surface area contributed by atoms with Crippen LogP contribution in [0.5, 0.6) is 0 Å². The maximum absolute atomic E-state index is 9.82. The zero-order valence-corrected chi connectivity index (χ0v) is 4.72. The fourth-order valence-electron chi connectivity index (χ4n) is 0. The van der Waals surface area contributed by atoms with Gasteiger partial charge in [0.25, 0.3) is 0 Å². The van der Waals surface area contributed by atoms with Crippen LogP contribution in [0.1, 0.15) is 6.92 Å². The lowest BCUT2D eigenvalue weighted by Crippen LogP contribution is -2.10. The lowest BCUT2D eigenvalue weighted by molar-refractivity contribution is -0.114. The standard InChI is InChI=1S/C4H7NO.H3NO/c1-3(2)4(5)6;1-2/h1H2,2H3,(H2,5,6);2H,1H2. The summed E-state index contributed by atoms with van der Waals surface area (Å²) < 4.78 is 0. The van der Waals surface area contributed by atoms with Gasteiger partial charge in [-0.3, -0.25) is 4.79 Å². The number of hydrogen-bond acceptors (Lipinski definition) is 3. The van der Waals surface area contributed by atoms with E-state index < -0.39 is 5.91 Å². The van der Waals surface area contributed by atoms with E-state index in [1.807, 2.05) is 0 Å². The number of carbonyl (C=O) groups excluding carboxylic acids is 1. The summed E-state index contributed by atoms with van der Waals surface area (Å²) in [6, 6.07) is 0. The van der Waals surface area contributed by atoms with E-state index >= 15 is 0 Å². The van der Waals surface area contributed by atoms with Gasteiger partial charge in [0.2, 0.25) is 5.91 Å². The highest BCUT2D eigenvalue weighted by Gasteiger charge is 1.86. The summed E-state index contributed by atoms with van der Waals surface area (Å²) in [5, 5.41) is 6.50. The smallest absolute Gasteiger partial charge is 0.243 e. The van der Waals surface area contributed by atoms with Crippen molar-refractivity contribution in [2.45, 2.75) is 6.92 Å². The minimum atomic E-state index is -0.435. The van der Waals surface area contributed by atoms with Crippen molar-refractivity contribution >= 4 is 5.91 Å². The van der Waals surface area contributed by atoms with Gasteiger partial charge in [-0.25, -0.2) is 5.90 Å². The molecule has 0 saturated heterocycles. The van der Waals surface area contributed by atoms with E-state index in [-0.39, 0.29) is 0 Å². The van der Waals surface area contributed by atoms with E-state index in [0.717, 1.165) is 0 Å². The van der Waals surface area contributed by atoms with Crippen molar-refractivity contribution in [3.05, 3.63) is 12.2 Å². The Labute approximate surface area is 47.7 Å². The van der Waals surface area contributed by atoms with Crippen LogP contribution < -0.4 is 11.6 Å². The number of primary amides is 1. The third kappa shape index (κ3) is 8.93. The first-order valence-corrected chi connectivity index (χ1v) is 1.85. The highest BCUT2D eigenvalue weighted by atomic mass is 16.4. The fourth-order valence-corrected chi connectivity index (χ4v) is 0. The number of carbonyl (C=O) groups is 1. The topological polar surface area (TPSA) is 89.3 Å². The molecule has 0 radical (unpaired) electrons. The molecule has 0 aromatic carbocycles. The Morgan fingerprint density at radius 3 is 1.75 bits per heavy atom. The Bertz CT molecular complexity index is 78.0. The lowest BCUT2D eigenvalue weighted by atomic mass is 10.3. The third-order valence-corrected chi connectivity index (χ3v) is 0.421. The van der Waals surface area contributed by atoms with Crippen LogP contribution in [-0.4, -0.2) is 11.1 Å². The van der Waals surface area contributed by atoms with E-state index in [1.54, 1.807) is 6.92 Å². The summed E-state index contributed by atoms with van der Waals surface area (Å²) in [5.74, 6) is 3.06. The van der Waals surface area contributed by atoms with E-state index in [2.05, 4.69) is 12.5 Å². The minimum absolute atomic E-state index is 0.398. The second kappa shape index (κ2) is 6.13. The Morgan fingerprint density at radius 1 is 1.62 bits per heavy atom. The van der Waals surface area contributed by atoms with Crippen LogP contribution in [0.2, 0.25) is 0 Å². The molecule has 1 amide bonds. The molecule has 0 aliphatic heterocycles. The van der Waals surface area contributed by atoms with E-state index in [9.17, 15) is 4.79 Å². The molecule has 0 aliphatic rings. The number of nitrogens with two attached hydrogens (primary N) is 2. The molecular weight excluding hydrogens is 108 g/mol. The second-order valence-corrected chi connectivity index (χ2v) is 1.14. The van der Waals surface area contributed by atoms with Gasteiger partial charge in [0.15, 0.2) is 0 Å². The molecule has 0 saturated carbocycles. The number of amides is 1. The molecule has 0 fully saturated rings. The van der Waals surface area contributed by atoms with Crippen LogP contribution in [0.3, 0.4) is 0 Å². The molecule has 4 heteroatoms. The van der Waals surface area contributed by atoms with Gasteiger partial charge in [0.1, 0.15) is 0 Å². The van der Waals surface area contributed by atoms with Crippen molar-refractivity contribution in [2.75, 3.05) is 0 Å². The van der Waals surface area contributed by atoms with Crippen molar-refractivity contribution in [2.24, 2.45) is 11.6 Å². The van der Waals surface area contributed by atoms with Gasteiger partial charge in [0.05, 0.1) is 0 Å². The summed E-state index contributed by atoms with van der Waals surface area (Å²) >= 11 is 0. The Hall–Kier alpha value is -0.870. The summed E-state index contributed by atoms with van der Waals surface area (Å²) in [6.07, 6.45) is 0. The zero-order chi connectivity index (χ0) is 7.15. The summed E-state index contributed by atoms with van der Waals surface area (Å²) in [5.41, 5.74) is 5.09. The largest absolute Gasteiger partial charge is 0.366 e. The maximum Gasteiger partial charge on any atom is 0.243 e. The van der Waals surface area contributed by atoms with Crippen molar-refractivity contribution in [3.63, 3.8) is 0 Å². The Kier molecular flexibility index (Phi) is 7.80. The number of hydrogen-bond donors (Lipinski definition) is 3. The third-order valence-electron chi connectivity index (χ3n) is 0.421. The van der Waals surface area contributed by atoms with Crippen molar-refractivity contribution in [1.29, 1.82) is 0 Å². The average Bonchev–Trinajstić information content (AvgIpc) is 1.72. The first kappa shape index (κ1) is 10.2. The molecule has 4 nitrogen and oxygen atoms in total. The molecule has 0 rings (SSSR count). The summed E-state index contributed by atoms with van der Waals surface area (Å²) in [7, 11) is 0. The van der Waals surface area contributed by atoms with E-state index in [4.69, 9.17) is 10.9 Å².